The largest absolute Gasteiger partial charge is 0.352 e. The molecule has 1 atom stereocenters. The fraction of sp³-hybridized carbons (Fsp3) is 0.652. The van der Waals surface area contributed by atoms with E-state index in [0.717, 1.165) is 57.4 Å². The Labute approximate surface area is 169 Å². The highest BCUT2D eigenvalue weighted by Gasteiger charge is 2.32. The maximum Gasteiger partial charge on any atom is 0.224 e. The molecule has 0 bridgehead atoms. The van der Waals surface area contributed by atoms with Gasteiger partial charge in [-0.3, -0.25) is 14.5 Å². The van der Waals surface area contributed by atoms with Crippen LogP contribution in [0.15, 0.2) is 30.3 Å². The molecule has 5 nitrogen and oxygen atoms in total. The van der Waals surface area contributed by atoms with Crippen LogP contribution in [0.4, 0.5) is 0 Å². The summed E-state index contributed by atoms with van der Waals surface area (Å²) < 4.78 is 0. The summed E-state index contributed by atoms with van der Waals surface area (Å²) in [4.78, 5) is 29.5. The van der Waals surface area contributed by atoms with Crippen LogP contribution in [0.25, 0.3) is 0 Å². The van der Waals surface area contributed by atoms with Gasteiger partial charge in [0.15, 0.2) is 0 Å². The van der Waals surface area contributed by atoms with E-state index in [1.807, 2.05) is 35.2 Å². The zero-order valence-corrected chi connectivity index (χ0v) is 17.4. The van der Waals surface area contributed by atoms with Crippen molar-refractivity contribution in [1.29, 1.82) is 0 Å². The van der Waals surface area contributed by atoms with Crippen molar-refractivity contribution in [2.24, 2.45) is 11.8 Å². The fourth-order valence-corrected chi connectivity index (χ4v) is 4.44. The number of carbonyl (C=O) groups excluding carboxylic acids is 2. The van der Waals surface area contributed by atoms with E-state index in [0.29, 0.717) is 30.8 Å². The zero-order valence-electron chi connectivity index (χ0n) is 17.4. The summed E-state index contributed by atoms with van der Waals surface area (Å²) in [6.07, 6.45) is 4.77. The molecule has 1 unspecified atom stereocenters. The van der Waals surface area contributed by atoms with Gasteiger partial charge in [-0.2, -0.15) is 0 Å². The molecule has 1 N–H and O–H groups in total. The van der Waals surface area contributed by atoms with E-state index >= 15 is 0 Å². The van der Waals surface area contributed by atoms with Crippen LogP contribution in [0.3, 0.4) is 0 Å². The van der Waals surface area contributed by atoms with Crippen LogP contribution < -0.4 is 5.32 Å². The van der Waals surface area contributed by atoms with Crippen LogP contribution in [0.5, 0.6) is 0 Å². The van der Waals surface area contributed by atoms with Crippen molar-refractivity contribution in [1.82, 2.24) is 15.1 Å². The average Bonchev–Trinajstić information content (AvgIpc) is 2.72. The van der Waals surface area contributed by atoms with E-state index in [1.165, 1.54) is 0 Å². The molecular formula is C23H35N3O2. The Morgan fingerprint density at radius 2 is 1.79 bits per heavy atom. The molecule has 3 rings (SSSR count). The second-order valence-corrected chi connectivity index (χ2v) is 8.75. The molecule has 0 aromatic heterocycles. The molecule has 28 heavy (non-hydrogen) atoms. The molecule has 154 valence electrons. The Morgan fingerprint density at radius 3 is 2.46 bits per heavy atom. The molecule has 2 saturated heterocycles. The lowest BCUT2D eigenvalue weighted by atomic mass is 9.93. The molecule has 2 fully saturated rings. The van der Waals surface area contributed by atoms with Gasteiger partial charge in [0, 0.05) is 38.6 Å². The maximum atomic E-state index is 12.7. The lowest BCUT2D eigenvalue weighted by Crippen LogP contribution is -2.51. The molecule has 1 aromatic carbocycles. The molecule has 0 radical (unpaired) electrons. The van der Waals surface area contributed by atoms with E-state index < -0.39 is 0 Å². The number of nitrogens with one attached hydrogen (secondary N) is 1. The number of amides is 2. The first-order valence-corrected chi connectivity index (χ1v) is 10.9. The lowest BCUT2D eigenvalue weighted by molar-refractivity contribution is -0.133. The van der Waals surface area contributed by atoms with E-state index in [-0.39, 0.29) is 11.8 Å². The number of benzene rings is 1. The smallest absolute Gasteiger partial charge is 0.224 e. The second-order valence-electron chi connectivity index (χ2n) is 8.75. The van der Waals surface area contributed by atoms with Crippen LogP contribution >= 0.6 is 0 Å². The van der Waals surface area contributed by atoms with Crippen LogP contribution in [-0.4, -0.2) is 53.8 Å². The van der Waals surface area contributed by atoms with Crippen LogP contribution in [-0.2, 0) is 16.1 Å². The van der Waals surface area contributed by atoms with Crippen molar-refractivity contribution in [3.05, 3.63) is 35.9 Å². The molecular weight excluding hydrogens is 350 g/mol. The first-order chi connectivity index (χ1) is 13.5. The Morgan fingerprint density at radius 1 is 1.07 bits per heavy atom. The summed E-state index contributed by atoms with van der Waals surface area (Å²) in [5, 5.41) is 3.11. The number of piperidine rings is 2. The first-order valence-electron chi connectivity index (χ1n) is 10.9. The summed E-state index contributed by atoms with van der Waals surface area (Å²) in [5.41, 5.74) is 1.14. The number of hydrogen-bond donors (Lipinski definition) is 1. The third kappa shape index (κ3) is 5.81. The summed E-state index contributed by atoms with van der Waals surface area (Å²) in [6.45, 7) is 8.45. The lowest BCUT2D eigenvalue weighted by Gasteiger charge is -2.42. The highest BCUT2D eigenvalue weighted by molar-refractivity contribution is 5.79. The predicted molar refractivity (Wildman–Crippen MR) is 112 cm³/mol. The van der Waals surface area contributed by atoms with E-state index in [2.05, 4.69) is 24.1 Å². The van der Waals surface area contributed by atoms with E-state index in [4.69, 9.17) is 0 Å². The van der Waals surface area contributed by atoms with Crippen molar-refractivity contribution in [3.63, 3.8) is 0 Å². The van der Waals surface area contributed by atoms with Crippen molar-refractivity contribution in [3.8, 4) is 0 Å². The van der Waals surface area contributed by atoms with Gasteiger partial charge in [0.2, 0.25) is 11.8 Å². The van der Waals surface area contributed by atoms with E-state index in [9.17, 15) is 9.59 Å². The third-order valence-electron chi connectivity index (χ3n) is 6.05. The highest BCUT2D eigenvalue weighted by Crippen LogP contribution is 2.24. The van der Waals surface area contributed by atoms with Crippen LogP contribution in [0.1, 0.15) is 51.5 Å². The number of nitrogens with zero attached hydrogens (tertiary/aromatic N) is 2. The first kappa shape index (κ1) is 20.8. The molecule has 5 heteroatoms. The van der Waals surface area contributed by atoms with E-state index in [1.54, 1.807) is 0 Å². The molecule has 0 spiro atoms. The number of carbonyl (C=O) groups is 2. The average molecular weight is 386 g/mol. The maximum absolute atomic E-state index is 12.7. The summed E-state index contributed by atoms with van der Waals surface area (Å²) >= 11 is 0. The van der Waals surface area contributed by atoms with Gasteiger partial charge in [0.1, 0.15) is 0 Å². The van der Waals surface area contributed by atoms with Crippen molar-refractivity contribution in [2.75, 3.05) is 26.2 Å². The predicted octanol–water partition coefficient (Wildman–Crippen LogP) is 3.05. The van der Waals surface area contributed by atoms with Gasteiger partial charge in [0.25, 0.3) is 0 Å². The van der Waals surface area contributed by atoms with Gasteiger partial charge in [-0.25, -0.2) is 0 Å². The number of hydrogen-bond acceptors (Lipinski definition) is 3. The summed E-state index contributed by atoms with van der Waals surface area (Å²) in [5.74, 6) is 0.976. The van der Waals surface area contributed by atoms with Gasteiger partial charge in [-0.15, -0.1) is 0 Å². The molecule has 2 amide bonds. The van der Waals surface area contributed by atoms with Gasteiger partial charge >= 0.3 is 0 Å². The van der Waals surface area contributed by atoms with Crippen molar-refractivity contribution in [2.45, 2.75) is 58.5 Å². The second kappa shape index (κ2) is 10.1. The molecule has 0 saturated carbocycles. The minimum Gasteiger partial charge on any atom is -0.352 e. The van der Waals surface area contributed by atoms with Gasteiger partial charge in [-0.1, -0.05) is 44.2 Å². The SMILES string of the molecule is CC(C)CC(=O)N1CCC(N2CCCC(C(=O)NCc3ccccc3)C2)CC1. The van der Waals surface area contributed by atoms with Crippen LogP contribution in [0, 0.1) is 11.8 Å². The summed E-state index contributed by atoms with van der Waals surface area (Å²) in [6, 6.07) is 10.6. The third-order valence-corrected chi connectivity index (χ3v) is 6.05. The van der Waals surface area contributed by atoms with Crippen molar-refractivity contribution >= 4 is 11.8 Å². The molecule has 0 aliphatic carbocycles. The van der Waals surface area contributed by atoms with Crippen molar-refractivity contribution < 1.29 is 9.59 Å². The Balaban J connectivity index is 1.44. The highest BCUT2D eigenvalue weighted by atomic mass is 16.2. The topological polar surface area (TPSA) is 52.7 Å². The zero-order chi connectivity index (χ0) is 19.9. The minimum absolute atomic E-state index is 0.0815. The molecule has 1 aromatic rings. The molecule has 2 aliphatic heterocycles. The monoisotopic (exact) mass is 385 g/mol. The Kier molecular flexibility index (Phi) is 7.49. The van der Waals surface area contributed by atoms with Gasteiger partial charge in [0.05, 0.1) is 5.92 Å². The molecule has 2 aliphatic rings. The van der Waals surface area contributed by atoms with Gasteiger partial charge < -0.3 is 10.2 Å². The minimum atomic E-state index is 0.0815. The van der Waals surface area contributed by atoms with Gasteiger partial charge in [-0.05, 0) is 43.7 Å². The standard InChI is InChI=1S/C23H35N3O2/c1-18(2)15-22(27)25-13-10-21(11-14-25)26-12-6-9-20(17-26)23(28)24-16-19-7-4-3-5-8-19/h3-5,7-8,18,20-21H,6,9-17H2,1-2H3,(H,24,28). The Bertz CT molecular complexity index is 639. The number of rotatable bonds is 6. The quantitative estimate of drug-likeness (QED) is 0.819. The number of likely N-dealkylation sites (tertiary alicyclic amines) is 2. The molecule has 2 heterocycles. The summed E-state index contributed by atoms with van der Waals surface area (Å²) in [7, 11) is 0. The van der Waals surface area contributed by atoms with Crippen LogP contribution in [0.2, 0.25) is 0 Å². The normalized spacial score (nSPS) is 21.7. The fourth-order valence-electron chi connectivity index (χ4n) is 4.44. The Hall–Kier alpha value is -1.88.